The molecule has 0 unspecified atom stereocenters. The maximum atomic E-state index is 11.6. The second-order valence-electron chi connectivity index (χ2n) is 5.13. The minimum absolute atomic E-state index is 0.146. The Bertz CT molecular complexity index is 352. The molecule has 0 saturated carbocycles. The first-order valence-electron chi connectivity index (χ1n) is 5.82. The fourth-order valence-corrected chi connectivity index (χ4v) is 2.03. The molecule has 0 radical (unpaired) electrons. The summed E-state index contributed by atoms with van der Waals surface area (Å²) in [4.78, 5) is 24.1. The highest BCUT2D eigenvalue weighted by atomic mass is 28.3. The van der Waals surface area contributed by atoms with E-state index in [1.807, 2.05) is 0 Å². The van der Waals surface area contributed by atoms with Gasteiger partial charge in [-0.15, -0.1) is 5.54 Å². The molecule has 0 spiro atoms. The van der Waals surface area contributed by atoms with Crippen LogP contribution < -0.4 is 0 Å². The summed E-state index contributed by atoms with van der Waals surface area (Å²) in [6.45, 7) is 7.50. The molecule has 17 heavy (non-hydrogen) atoms. The number of amides is 1. The largest absolute Gasteiger partial charge is 0.436 e. The van der Waals surface area contributed by atoms with Crippen molar-refractivity contribution < 1.29 is 14.3 Å². The number of carbonyl (C=O) groups is 2. The molecule has 0 aliphatic carbocycles. The molecule has 0 aromatic heterocycles. The van der Waals surface area contributed by atoms with E-state index in [4.69, 9.17) is 4.74 Å². The van der Waals surface area contributed by atoms with E-state index in [9.17, 15) is 9.59 Å². The van der Waals surface area contributed by atoms with Crippen molar-refractivity contribution in [3.8, 4) is 11.5 Å². The molecule has 1 fully saturated rings. The molecule has 0 atom stereocenters. The van der Waals surface area contributed by atoms with Crippen LogP contribution in [0.5, 0.6) is 0 Å². The van der Waals surface area contributed by atoms with E-state index < -0.39 is 8.07 Å². The molecule has 0 bridgehead atoms. The molecule has 1 amide bonds. The lowest BCUT2D eigenvalue weighted by Gasteiger charge is -2.24. The van der Waals surface area contributed by atoms with Crippen molar-refractivity contribution in [2.24, 2.45) is 0 Å². The molecule has 0 aromatic rings. The maximum Gasteiger partial charge on any atom is 0.410 e. The highest BCUT2D eigenvalue weighted by molar-refractivity contribution is 6.83. The number of hydrogen-bond donors (Lipinski definition) is 0. The van der Waals surface area contributed by atoms with Crippen LogP contribution in [0.1, 0.15) is 12.8 Å². The lowest BCUT2D eigenvalue weighted by atomic mass is 10.1. The minimum atomic E-state index is -1.39. The van der Waals surface area contributed by atoms with Crippen molar-refractivity contribution in [1.29, 1.82) is 0 Å². The van der Waals surface area contributed by atoms with Crippen molar-refractivity contribution >= 4 is 20.0 Å². The lowest BCUT2D eigenvalue weighted by molar-refractivity contribution is -0.121. The van der Waals surface area contributed by atoms with Crippen LogP contribution >= 0.6 is 0 Å². The van der Waals surface area contributed by atoms with Crippen molar-refractivity contribution in [3.63, 3.8) is 0 Å². The number of Topliss-reactive ketones (excluding diaryl/α,β-unsaturated/α-hetero) is 1. The minimum Gasteiger partial charge on any atom is -0.436 e. The Hall–Kier alpha value is -1.28. The first-order valence-corrected chi connectivity index (χ1v) is 9.32. The number of ketones is 1. The summed E-state index contributed by atoms with van der Waals surface area (Å²) in [5.41, 5.74) is 3.13. The molecule has 4 nitrogen and oxygen atoms in total. The zero-order valence-corrected chi connectivity index (χ0v) is 11.7. The summed E-state index contributed by atoms with van der Waals surface area (Å²) in [7, 11) is -1.39. The van der Waals surface area contributed by atoms with Crippen LogP contribution in [-0.4, -0.2) is 44.5 Å². The average Bonchev–Trinajstić information content (AvgIpc) is 2.24. The second kappa shape index (κ2) is 5.87. The van der Waals surface area contributed by atoms with E-state index >= 15 is 0 Å². The normalized spacial score (nSPS) is 16.2. The predicted octanol–water partition coefficient (Wildman–Crippen LogP) is 1.67. The van der Waals surface area contributed by atoms with Crippen LogP contribution in [0.25, 0.3) is 0 Å². The molecule has 1 heterocycles. The summed E-state index contributed by atoms with van der Waals surface area (Å²) in [6.07, 6.45) is 0.521. The number of nitrogens with zero attached hydrogens (tertiary/aromatic N) is 1. The highest BCUT2D eigenvalue weighted by Gasteiger charge is 2.21. The van der Waals surface area contributed by atoms with Gasteiger partial charge in [-0.25, -0.2) is 4.79 Å². The molecule has 94 valence electrons. The fraction of sp³-hybridized carbons (Fsp3) is 0.667. The van der Waals surface area contributed by atoms with Gasteiger partial charge in [0, 0.05) is 25.9 Å². The number of hydrogen-bond acceptors (Lipinski definition) is 3. The summed E-state index contributed by atoms with van der Waals surface area (Å²) < 4.78 is 5.04. The highest BCUT2D eigenvalue weighted by Crippen LogP contribution is 2.06. The van der Waals surface area contributed by atoms with Gasteiger partial charge in [-0.3, -0.25) is 4.79 Å². The number of carbonyl (C=O) groups excluding carboxylic acids is 2. The zero-order valence-electron chi connectivity index (χ0n) is 10.7. The third-order valence-corrected chi connectivity index (χ3v) is 3.24. The zero-order chi connectivity index (χ0) is 12.9. The van der Waals surface area contributed by atoms with Crippen LogP contribution in [0, 0.1) is 11.5 Å². The molecule has 1 saturated heterocycles. The summed E-state index contributed by atoms with van der Waals surface area (Å²) >= 11 is 0. The van der Waals surface area contributed by atoms with E-state index in [0.29, 0.717) is 25.9 Å². The third-order valence-electron chi connectivity index (χ3n) is 2.31. The van der Waals surface area contributed by atoms with Crippen molar-refractivity contribution in [3.05, 3.63) is 0 Å². The molecule has 1 aliphatic rings. The molecule has 5 heteroatoms. The van der Waals surface area contributed by atoms with Gasteiger partial charge in [0.1, 0.15) is 13.9 Å². The Balaban J connectivity index is 2.30. The van der Waals surface area contributed by atoms with Crippen LogP contribution in [0.15, 0.2) is 0 Å². The summed E-state index contributed by atoms with van der Waals surface area (Å²) in [6, 6.07) is 0. The fourth-order valence-electron chi connectivity index (χ4n) is 1.43. The van der Waals surface area contributed by atoms with Crippen molar-refractivity contribution in [1.82, 2.24) is 4.90 Å². The Labute approximate surface area is 103 Å². The van der Waals surface area contributed by atoms with E-state index in [1.54, 1.807) is 4.90 Å². The molecular weight excluding hydrogens is 234 g/mol. The Kier molecular flexibility index (Phi) is 4.76. The Morgan fingerprint density at radius 2 is 1.94 bits per heavy atom. The van der Waals surface area contributed by atoms with Crippen molar-refractivity contribution in [2.45, 2.75) is 32.5 Å². The third kappa shape index (κ3) is 5.55. The van der Waals surface area contributed by atoms with Gasteiger partial charge >= 0.3 is 6.09 Å². The quantitative estimate of drug-likeness (QED) is 0.527. The summed E-state index contributed by atoms with van der Waals surface area (Å²) in [5.74, 6) is 3.09. The molecule has 0 aromatic carbocycles. The first-order chi connectivity index (χ1) is 7.88. The smallest absolute Gasteiger partial charge is 0.410 e. The van der Waals surface area contributed by atoms with Gasteiger partial charge in [-0.05, 0) is 0 Å². The number of likely N-dealkylation sites (tertiary alicyclic amines) is 1. The lowest BCUT2D eigenvalue weighted by Crippen LogP contribution is -2.39. The van der Waals surface area contributed by atoms with Crippen LogP contribution in [-0.2, 0) is 9.53 Å². The SMILES string of the molecule is C[Si](C)(C)C#CCOC(=O)N1CCC(=O)CC1. The van der Waals surface area contributed by atoms with Gasteiger partial charge in [-0.2, -0.15) is 0 Å². The average molecular weight is 253 g/mol. The molecular formula is C12H19NO3Si. The first kappa shape index (κ1) is 13.8. The van der Waals surface area contributed by atoms with Crippen LogP contribution in [0.4, 0.5) is 4.79 Å². The van der Waals surface area contributed by atoms with Gasteiger partial charge < -0.3 is 9.64 Å². The Morgan fingerprint density at radius 1 is 1.35 bits per heavy atom. The maximum absolute atomic E-state index is 11.6. The number of ether oxygens (including phenoxy) is 1. The molecule has 1 aliphatic heterocycles. The standard InChI is InChI=1S/C12H19NO3Si/c1-17(2,3)10-4-9-16-12(15)13-7-5-11(14)6-8-13/h5-9H2,1-3H3. The van der Waals surface area contributed by atoms with Gasteiger partial charge in [0.2, 0.25) is 0 Å². The Morgan fingerprint density at radius 3 is 2.47 bits per heavy atom. The topological polar surface area (TPSA) is 46.6 Å². The number of piperidine rings is 1. The van der Waals surface area contributed by atoms with Gasteiger partial charge in [0.15, 0.2) is 6.61 Å². The van der Waals surface area contributed by atoms with E-state index in [0.717, 1.165) is 0 Å². The van der Waals surface area contributed by atoms with Crippen molar-refractivity contribution in [2.75, 3.05) is 19.7 Å². The van der Waals surface area contributed by atoms with Crippen LogP contribution in [0.3, 0.4) is 0 Å². The van der Waals surface area contributed by atoms with Crippen LogP contribution in [0.2, 0.25) is 19.6 Å². The predicted molar refractivity (Wildman–Crippen MR) is 68.3 cm³/mol. The molecule has 1 rings (SSSR count). The second-order valence-corrected chi connectivity index (χ2v) is 9.88. The number of rotatable bonds is 1. The van der Waals surface area contributed by atoms with E-state index in [1.165, 1.54) is 0 Å². The van der Waals surface area contributed by atoms with Gasteiger partial charge in [0.05, 0.1) is 0 Å². The van der Waals surface area contributed by atoms with Gasteiger partial charge in [0.25, 0.3) is 0 Å². The van der Waals surface area contributed by atoms with E-state index in [2.05, 4.69) is 31.1 Å². The van der Waals surface area contributed by atoms with Gasteiger partial charge in [-0.1, -0.05) is 25.6 Å². The molecule has 0 N–H and O–H groups in total. The van der Waals surface area contributed by atoms with E-state index in [-0.39, 0.29) is 18.5 Å². The summed E-state index contributed by atoms with van der Waals surface area (Å²) in [5, 5.41) is 0. The monoisotopic (exact) mass is 253 g/mol.